The zero-order chi connectivity index (χ0) is 22.6. The molecule has 3 rings (SSSR count). The van der Waals surface area contributed by atoms with Gasteiger partial charge in [-0.15, -0.1) is 0 Å². The molecule has 11 heteroatoms. The van der Waals surface area contributed by atoms with Crippen molar-refractivity contribution >= 4 is 34.3 Å². The lowest BCUT2D eigenvalue weighted by Gasteiger charge is -2.12. The number of thioether (sulfide) groups is 1. The Bertz CT molecular complexity index is 1030. The van der Waals surface area contributed by atoms with E-state index in [1.165, 1.54) is 17.2 Å². The number of amides is 2. The lowest BCUT2D eigenvalue weighted by atomic mass is 10.3. The molecule has 0 bridgehead atoms. The van der Waals surface area contributed by atoms with E-state index >= 15 is 0 Å². The van der Waals surface area contributed by atoms with Gasteiger partial charge in [-0.05, 0) is 43.2 Å². The smallest absolute Gasteiger partial charge is 0.456 e. The van der Waals surface area contributed by atoms with E-state index in [4.69, 9.17) is 4.74 Å². The third-order valence-electron chi connectivity index (χ3n) is 4.52. The van der Waals surface area contributed by atoms with Crippen LogP contribution in [0.4, 0.5) is 18.0 Å². The lowest BCUT2D eigenvalue weighted by Crippen LogP contribution is -2.29. The fraction of sp³-hybridized carbons (Fsp3) is 0.400. The first-order valence-corrected chi connectivity index (χ1v) is 10.5. The summed E-state index contributed by atoms with van der Waals surface area (Å²) in [5, 5.41) is -0.294. The number of halogens is 3. The maximum Gasteiger partial charge on any atom is 0.456 e. The Morgan fingerprint density at radius 3 is 2.77 bits per heavy atom. The predicted molar refractivity (Wildman–Crippen MR) is 108 cm³/mol. The molecule has 0 spiro atoms. The highest BCUT2D eigenvalue weighted by molar-refractivity contribution is 8.18. The van der Waals surface area contributed by atoms with Crippen LogP contribution in [0.15, 0.2) is 35.5 Å². The van der Waals surface area contributed by atoms with Crippen LogP contribution in [0.2, 0.25) is 0 Å². The third-order valence-corrected chi connectivity index (χ3v) is 5.47. The van der Waals surface area contributed by atoms with Crippen LogP contribution in [-0.2, 0) is 4.79 Å². The number of alkyl halides is 3. The number of allylic oxidation sites excluding steroid dienone is 1. The molecule has 166 valence electrons. The Morgan fingerprint density at radius 2 is 2.06 bits per heavy atom. The first-order valence-electron chi connectivity index (χ1n) is 9.68. The van der Waals surface area contributed by atoms with Crippen LogP contribution in [0, 0.1) is 0 Å². The number of pyridine rings is 1. The van der Waals surface area contributed by atoms with E-state index in [-0.39, 0.29) is 35.7 Å². The number of aromatic nitrogens is 2. The van der Waals surface area contributed by atoms with Crippen LogP contribution >= 0.6 is 11.8 Å². The maximum atomic E-state index is 12.7. The lowest BCUT2D eigenvalue weighted by molar-refractivity contribution is -0.122. The van der Waals surface area contributed by atoms with E-state index in [0.717, 1.165) is 35.2 Å². The zero-order valence-corrected chi connectivity index (χ0v) is 17.5. The SMILES string of the molecule is CCCC=C1SC(=O)N(CCCCOc2cccn3c(C(=O)C(F)(F)F)cnc23)C1=O. The number of unbranched alkanes of at least 4 members (excludes halogenated alkanes) is 2. The molecule has 0 aromatic carbocycles. The number of imide groups is 1. The van der Waals surface area contributed by atoms with Gasteiger partial charge in [-0.1, -0.05) is 19.4 Å². The van der Waals surface area contributed by atoms with Crippen molar-refractivity contribution in [3.05, 3.63) is 41.2 Å². The van der Waals surface area contributed by atoms with Gasteiger partial charge in [-0.3, -0.25) is 23.7 Å². The molecule has 0 aliphatic carbocycles. The van der Waals surface area contributed by atoms with Crippen molar-refractivity contribution in [1.29, 1.82) is 0 Å². The topological polar surface area (TPSA) is 81.0 Å². The molecule has 7 nitrogen and oxygen atoms in total. The van der Waals surface area contributed by atoms with Gasteiger partial charge in [0.1, 0.15) is 5.69 Å². The normalized spacial score (nSPS) is 16.0. The minimum absolute atomic E-state index is 0.0992. The highest BCUT2D eigenvalue weighted by atomic mass is 32.2. The molecule has 3 heterocycles. The summed E-state index contributed by atoms with van der Waals surface area (Å²) in [5.74, 6) is -2.03. The van der Waals surface area contributed by atoms with Crippen molar-refractivity contribution in [2.45, 2.75) is 38.8 Å². The second kappa shape index (κ2) is 9.54. The standard InChI is InChI=1S/C20H20F3N3O4S/c1-2-3-8-15-18(28)26(19(29)31-15)9-4-5-11-30-14-7-6-10-25-13(12-24-17(14)25)16(27)20(21,22)23/h6-8,10,12H,2-5,9,11H2,1H3. The molecule has 0 radical (unpaired) electrons. The van der Waals surface area contributed by atoms with Crippen LogP contribution in [0.3, 0.4) is 0 Å². The van der Waals surface area contributed by atoms with Crippen LogP contribution in [0.5, 0.6) is 5.75 Å². The minimum Gasteiger partial charge on any atom is -0.490 e. The number of Topliss-reactive ketones (excluding diaryl/α,β-unsaturated/α-hetero) is 1. The number of carbonyl (C=O) groups is 3. The van der Waals surface area contributed by atoms with Gasteiger partial charge in [0, 0.05) is 12.7 Å². The highest BCUT2D eigenvalue weighted by Gasteiger charge is 2.41. The number of fused-ring (bicyclic) bond motifs is 1. The zero-order valence-electron chi connectivity index (χ0n) is 16.6. The highest BCUT2D eigenvalue weighted by Crippen LogP contribution is 2.31. The van der Waals surface area contributed by atoms with E-state index < -0.39 is 17.7 Å². The van der Waals surface area contributed by atoms with Crippen LogP contribution in [0.1, 0.15) is 43.1 Å². The second-order valence-corrected chi connectivity index (χ2v) is 7.77. The molecule has 1 aliphatic heterocycles. The van der Waals surface area contributed by atoms with Crippen LogP contribution < -0.4 is 4.74 Å². The van der Waals surface area contributed by atoms with Crippen molar-refractivity contribution in [2.75, 3.05) is 13.2 Å². The molecule has 31 heavy (non-hydrogen) atoms. The number of rotatable bonds is 9. The molecule has 2 amide bonds. The van der Waals surface area contributed by atoms with Crippen LogP contribution in [-0.4, -0.2) is 50.5 Å². The van der Waals surface area contributed by atoms with Gasteiger partial charge in [0.05, 0.1) is 17.7 Å². The Labute approximate surface area is 180 Å². The number of ketones is 1. The number of imidazole rings is 1. The number of hydrogen-bond donors (Lipinski definition) is 0. The van der Waals surface area contributed by atoms with Crippen molar-refractivity contribution < 1.29 is 32.3 Å². The summed E-state index contributed by atoms with van der Waals surface area (Å²) in [6.07, 6.45) is 1.58. The molecule has 0 unspecified atom stereocenters. The molecule has 1 saturated heterocycles. The minimum atomic E-state index is -5.00. The van der Waals surface area contributed by atoms with E-state index in [9.17, 15) is 27.6 Å². The molecule has 2 aromatic rings. The average molecular weight is 455 g/mol. The summed E-state index contributed by atoms with van der Waals surface area (Å²) in [4.78, 5) is 41.3. The van der Waals surface area contributed by atoms with Gasteiger partial charge in [0.2, 0.25) is 0 Å². The Kier molecular flexibility index (Phi) is 7.04. The van der Waals surface area contributed by atoms with E-state index in [2.05, 4.69) is 4.98 Å². The fourth-order valence-electron chi connectivity index (χ4n) is 2.97. The summed E-state index contributed by atoms with van der Waals surface area (Å²) in [7, 11) is 0. The van der Waals surface area contributed by atoms with Crippen molar-refractivity contribution in [3.8, 4) is 5.75 Å². The number of hydrogen-bond acceptors (Lipinski definition) is 6. The fourth-order valence-corrected chi connectivity index (χ4v) is 3.84. The summed E-state index contributed by atoms with van der Waals surface area (Å²) >= 11 is 0.939. The second-order valence-electron chi connectivity index (χ2n) is 6.77. The summed E-state index contributed by atoms with van der Waals surface area (Å²) in [6, 6.07) is 3.00. The molecule has 0 saturated carbocycles. The first kappa shape index (κ1) is 22.9. The largest absolute Gasteiger partial charge is 0.490 e. The van der Waals surface area contributed by atoms with E-state index in [0.29, 0.717) is 17.7 Å². The molecule has 0 atom stereocenters. The van der Waals surface area contributed by atoms with Crippen molar-refractivity contribution in [2.24, 2.45) is 0 Å². The monoisotopic (exact) mass is 455 g/mol. The molecule has 2 aromatic heterocycles. The van der Waals surface area contributed by atoms with E-state index in [1.807, 2.05) is 6.92 Å². The molecule has 1 fully saturated rings. The summed E-state index contributed by atoms with van der Waals surface area (Å²) in [5.41, 5.74) is -0.495. The Morgan fingerprint density at radius 1 is 1.29 bits per heavy atom. The Balaban J connectivity index is 1.55. The summed E-state index contributed by atoms with van der Waals surface area (Å²) < 4.78 is 44.8. The number of carbonyl (C=O) groups excluding carboxylic acids is 3. The van der Waals surface area contributed by atoms with Gasteiger partial charge in [-0.25, -0.2) is 4.98 Å². The average Bonchev–Trinajstić information content (AvgIpc) is 3.27. The van der Waals surface area contributed by atoms with Gasteiger partial charge in [0.15, 0.2) is 11.4 Å². The van der Waals surface area contributed by atoms with Crippen LogP contribution in [0.25, 0.3) is 5.65 Å². The predicted octanol–water partition coefficient (Wildman–Crippen LogP) is 4.62. The number of nitrogens with zero attached hydrogens (tertiary/aromatic N) is 3. The molecular weight excluding hydrogens is 435 g/mol. The quantitative estimate of drug-likeness (QED) is 0.312. The van der Waals surface area contributed by atoms with E-state index in [1.54, 1.807) is 12.1 Å². The van der Waals surface area contributed by atoms with Gasteiger partial charge in [-0.2, -0.15) is 13.2 Å². The molecule has 0 N–H and O–H groups in total. The van der Waals surface area contributed by atoms with Crippen molar-refractivity contribution in [1.82, 2.24) is 14.3 Å². The van der Waals surface area contributed by atoms with Gasteiger partial charge < -0.3 is 4.74 Å². The van der Waals surface area contributed by atoms with Crippen molar-refractivity contribution in [3.63, 3.8) is 0 Å². The van der Waals surface area contributed by atoms with Gasteiger partial charge in [0.25, 0.3) is 16.9 Å². The van der Waals surface area contributed by atoms with Gasteiger partial charge >= 0.3 is 6.18 Å². The number of ether oxygens (including phenoxy) is 1. The first-order chi connectivity index (χ1) is 14.7. The Hall–Kier alpha value is -2.82. The molecular formula is C20H20F3N3O4S. The maximum absolute atomic E-state index is 12.7. The summed E-state index contributed by atoms with van der Waals surface area (Å²) in [6.45, 7) is 2.45. The third kappa shape index (κ3) is 5.09. The molecule has 1 aliphatic rings.